The molecule has 2 saturated heterocycles. The fraction of sp³-hybridized carbons (Fsp3) is 0.633. The molecule has 3 rings (SSSR count). The van der Waals surface area contributed by atoms with Gasteiger partial charge in [-0.05, 0) is 55.2 Å². The lowest BCUT2D eigenvalue weighted by atomic mass is 9.92. The van der Waals surface area contributed by atoms with Crippen LogP contribution in [-0.4, -0.2) is 76.8 Å². The summed E-state index contributed by atoms with van der Waals surface area (Å²) in [5.41, 5.74) is 0.790. The average Bonchev–Trinajstić information content (AvgIpc) is 3.32. The zero-order chi connectivity index (χ0) is 30.1. The number of carbonyl (C=O) groups is 5. The van der Waals surface area contributed by atoms with Crippen LogP contribution in [-0.2, 0) is 30.4 Å². The van der Waals surface area contributed by atoms with Crippen molar-refractivity contribution in [3.8, 4) is 5.75 Å². The van der Waals surface area contributed by atoms with Gasteiger partial charge in [-0.15, -0.1) is 0 Å². The van der Waals surface area contributed by atoms with E-state index in [9.17, 15) is 29.1 Å². The number of fused-ring (bicyclic) bond motifs is 1. The van der Waals surface area contributed by atoms with Gasteiger partial charge in [0, 0.05) is 51.4 Å². The number of benzene rings is 1. The molecule has 2 fully saturated rings. The predicted octanol–water partition coefficient (Wildman–Crippen LogP) is 1.38. The summed E-state index contributed by atoms with van der Waals surface area (Å²) < 4.78 is 0. The van der Waals surface area contributed by atoms with Gasteiger partial charge in [0.15, 0.2) is 0 Å². The Bertz CT molecular complexity index is 1090. The van der Waals surface area contributed by atoms with Crippen LogP contribution in [0, 0.1) is 11.8 Å². The molecule has 226 valence electrons. The Labute approximate surface area is 242 Å². The summed E-state index contributed by atoms with van der Waals surface area (Å²) >= 11 is 0. The molecule has 11 nitrogen and oxygen atoms in total. The Morgan fingerprint density at radius 3 is 2.44 bits per heavy atom. The van der Waals surface area contributed by atoms with E-state index >= 15 is 0 Å². The van der Waals surface area contributed by atoms with Gasteiger partial charge in [-0.3, -0.25) is 24.0 Å². The SMILES string of the molecule is CC(=O)N[C@@H]1C[C@H]2C(=O)N[C@H](C(C)C)CC[C@@H](C)CC(=O)N[C@@H](Cc3ccc(O)cc3)C(=O)NCCCC(=O)N2C1. The molecule has 0 aliphatic carbocycles. The van der Waals surface area contributed by atoms with Crippen molar-refractivity contribution >= 4 is 29.5 Å². The third-order valence-electron chi connectivity index (χ3n) is 7.86. The molecule has 0 bridgehead atoms. The highest BCUT2D eigenvalue weighted by atomic mass is 16.3. The number of nitrogens with zero attached hydrogens (tertiary/aromatic N) is 1. The maximum atomic E-state index is 13.4. The standard InChI is InChI=1S/C30H45N5O6/c1-18(2)24-12-7-19(3)14-27(38)33-25(15-21-8-10-23(37)11-9-21)29(40)31-13-5-6-28(39)35-17-22(32-20(4)36)16-26(35)30(41)34-24/h8-11,18-19,22,24-26,37H,5-7,12-17H2,1-4H3,(H,31,40)(H,32,36)(H,33,38)(H,34,41)/t19-,22-,24+,25+,26+/m1/s1. The highest BCUT2D eigenvalue weighted by molar-refractivity contribution is 5.89. The Balaban J connectivity index is 1.79. The number of phenolic OH excluding ortho intramolecular Hbond substituents is 1. The van der Waals surface area contributed by atoms with Crippen molar-refractivity contribution in [2.24, 2.45) is 11.8 Å². The fourth-order valence-corrected chi connectivity index (χ4v) is 5.53. The van der Waals surface area contributed by atoms with Gasteiger partial charge in [-0.2, -0.15) is 0 Å². The molecule has 0 radical (unpaired) electrons. The fourth-order valence-electron chi connectivity index (χ4n) is 5.53. The van der Waals surface area contributed by atoms with E-state index in [1.165, 1.54) is 19.1 Å². The van der Waals surface area contributed by atoms with E-state index in [2.05, 4.69) is 21.3 Å². The first-order valence-electron chi connectivity index (χ1n) is 14.6. The summed E-state index contributed by atoms with van der Waals surface area (Å²) in [6.45, 7) is 7.92. The molecular weight excluding hydrogens is 526 g/mol. The monoisotopic (exact) mass is 571 g/mol. The van der Waals surface area contributed by atoms with Crippen LogP contribution in [0.15, 0.2) is 24.3 Å². The van der Waals surface area contributed by atoms with Gasteiger partial charge < -0.3 is 31.3 Å². The molecular formula is C30H45N5O6. The highest BCUT2D eigenvalue weighted by Gasteiger charge is 2.40. The third kappa shape index (κ3) is 9.75. The molecule has 41 heavy (non-hydrogen) atoms. The van der Waals surface area contributed by atoms with E-state index in [0.717, 1.165) is 5.56 Å². The van der Waals surface area contributed by atoms with Crippen molar-refractivity contribution in [2.75, 3.05) is 13.1 Å². The number of phenols is 1. The smallest absolute Gasteiger partial charge is 0.243 e. The van der Waals surface area contributed by atoms with Crippen LogP contribution in [0.2, 0.25) is 0 Å². The molecule has 0 aromatic heterocycles. The third-order valence-corrected chi connectivity index (χ3v) is 7.86. The predicted molar refractivity (Wildman–Crippen MR) is 153 cm³/mol. The Morgan fingerprint density at radius 2 is 1.78 bits per heavy atom. The van der Waals surface area contributed by atoms with Gasteiger partial charge in [0.05, 0.1) is 0 Å². The average molecular weight is 572 g/mol. The second-order valence-electron chi connectivity index (χ2n) is 11.8. The molecule has 5 amide bonds. The number of amides is 5. The van der Waals surface area contributed by atoms with Crippen LogP contribution in [0.5, 0.6) is 5.75 Å². The van der Waals surface area contributed by atoms with E-state index in [-0.39, 0.29) is 91.6 Å². The van der Waals surface area contributed by atoms with Crippen LogP contribution in [0.3, 0.4) is 0 Å². The molecule has 2 heterocycles. The van der Waals surface area contributed by atoms with Gasteiger partial charge in [0.2, 0.25) is 29.5 Å². The quantitative estimate of drug-likeness (QED) is 0.368. The Kier molecular flexibility index (Phi) is 11.5. The summed E-state index contributed by atoms with van der Waals surface area (Å²) in [7, 11) is 0. The first-order chi connectivity index (χ1) is 19.4. The zero-order valence-corrected chi connectivity index (χ0v) is 24.6. The second kappa shape index (κ2) is 14.8. The van der Waals surface area contributed by atoms with E-state index in [4.69, 9.17) is 0 Å². The number of nitrogens with one attached hydrogen (secondary N) is 4. The van der Waals surface area contributed by atoms with E-state index in [1.807, 2.05) is 20.8 Å². The van der Waals surface area contributed by atoms with Crippen LogP contribution in [0.1, 0.15) is 71.8 Å². The Morgan fingerprint density at radius 1 is 1.07 bits per heavy atom. The van der Waals surface area contributed by atoms with Crippen molar-refractivity contribution in [3.63, 3.8) is 0 Å². The molecule has 1 aromatic rings. The number of hydrogen-bond acceptors (Lipinski definition) is 6. The minimum absolute atomic E-state index is 0.0122. The first-order valence-corrected chi connectivity index (χ1v) is 14.6. The van der Waals surface area contributed by atoms with Crippen molar-refractivity contribution in [3.05, 3.63) is 29.8 Å². The molecule has 2 aliphatic heterocycles. The maximum absolute atomic E-state index is 13.4. The molecule has 5 N–H and O–H groups in total. The van der Waals surface area contributed by atoms with Crippen molar-refractivity contribution in [2.45, 2.75) is 96.8 Å². The van der Waals surface area contributed by atoms with Crippen molar-refractivity contribution < 1.29 is 29.1 Å². The van der Waals surface area contributed by atoms with Crippen LogP contribution in [0.4, 0.5) is 0 Å². The molecule has 5 atom stereocenters. The number of hydrogen-bond donors (Lipinski definition) is 5. The van der Waals surface area contributed by atoms with E-state index in [1.54, 1.807) is 17.0 Å². The van der Waals surface area contributed by atoms with Gasteiger partial charge in [-0.1, -0.05) is 32.9 Å². The van der Waals surface area contributed by atoms with Crippen LogP contribution < -0.4 is 21.3 Å². The minimum atomic E-state index is -0.807. The maximum Gasteiger partial charge on any atom is 0.243 e. The Hall–Kier alpha value is -3.63. The lowest BCUT2D eigenvalue weighted by Gasteiger charge is -2.29. The summed E-state index contributed by atoms with van der Waals surface area (Å²) in [6, 6.07) is 4.55. The molecule has 0 unspecified atom stereocenters. The second-order valence-corrected chi connectivity index (χ2v) is 11.8. The summed E-state index contributed by atoms with van der Waals surface area (Å²) in [5, 5.41) is 21.3. The topological polar surface area (TPSA) is 157 Å². The summed E-state index contributed by atoms with van der Waals surface area (Å²) in [4.78, 5) is 65.9. The van der Waals surface area contributed by atoms with Crippen LogP contribution in [0.25, 0.3) is 0 Å². The zero-order valence-electron chi connectivity index (χ0n) is 24.6. The van der Waals surface area contributed by atoms with E-state index < -0.39 is 12.1 Å². The largest absolute Gasteiger partial charge is 0.508 e. The van der Waals surface area contributed by atoms with Crippen molar-refractivity contribution in [1.82, 2.24) is 26.2 Å². The molecule has 2 aliphatic rings. The minimum Gasteiger partial charge on any atom is -0.508 e. The highest BCUT2D eigenvalue weighted by Crippen LogP contribution is 2.22. The number of carbonyl (C=O) groups excluding carboxylic acids is 5. The lowest BCUT2D eigenvalue weighted by Crippen LogP contribution is -2.50. The molecule has 1 aromatic carbocycles. The molecule has 0 saturated carbocycles. The summed E-state index contributed by atoms with van der Waals surface area (Å²) in [5.74, 6) is -0.974. The van der Waals surface area contributed by atoms with Crippen LogP contribution >= 0.6 is 0 Å². The molecule has 0 spiro atoms. The van der Waals surface area contributed by atoms with Gasteiger partial charge >= 0.3 is 0 Å². The first kappa shape index (κ1) is 31.9. The normalized spacial score (nSPS) is 27.2. The number of rotatable bonds is 4. The summed E-state index contributed by atoms with van der Waals surface area (Å²) in [6.07, 6.45) is 2.66. The molecule has 11 heteroatoms. The van der Waals surface area contributed by atoms with Gasteiger partial charge in [0.25, 0.3) is 0 Å². The van der Waals surface area contributed by atoms with E-state index in [0.29, 0.717) is 25.7 Å². The van der Waals surface area contributed by atoms with Gasteiger partial charge in [-0.25, -0.2) is 0 Å². The lowest BCUT2D eigenvalue weighted by molar-refractivity contribution is -0.139. The van der Waals surface area contributed by atoms with Gasteiger partial charge in [0.1, 0.15) is 17.8 Å². The van der Waals surface area contributed by atoms with Crippen molar-refractivity contribution in [1.29, 1.82) is 0 Å². The number of aromatic hydroxyl groups is 1.